The monoisotopic (exact) mass is 245 g/mol. The van der Waals surface area contributed by atoms with Crippen LogP contribution in [0.4, 0.5) is 20.3 Å². The molecular weight excluding hydrogens is 236 g/mol. The first-order valence-corrected chi connectivity index (χ1v) is 5.20. The molecule has 0 saturated carbocycles. The van der Waals surface area contributed by atoms with Crippen LogP contribution in [-0.2, 0) is 0 Å². The van der Waals surface area contributed by atoms with Crippen molar-refractivity contribution in [2.45, 2.75) is 6.92 Å². The molecule has 0 saturated heterocycles. The Morgan fingerprint density at radius 3 is 2.72 bits per heavy atom. The molecule has 5 heteroatoms. The largest absolute Gasteiger partial charge is 0.337 e. The molecule has 1 heterocycles. The maximum absolute atomic E-state index is 13.5. The van der Waals surface area contributed by atoms with Gasteiger partial charge in [-0.3, -0.25) is 0 Å². The molecule has 0 fully saturated rings. The predicted octanol–water partition coefficient (Wildman–Crippen LogP) is 3.28. The summed E-state index contributed by atoms with van der Waals surface area (Å²) in [6, 6.07) is 8.96. The van der Waals surface area contributed by atoms with E-state index in [2.05, 4.69) is 10.3 Å². The smallest absolute Gasteiger partial charge is 0.182 e. The third-order valence-corrected chi connectivity index (χ3v) is 2.36. The fourth-order valence-electron chi connectivity index (χ4n) is 1.47. The van der Waals surface area contributed by atoms with Crippen molar-refractivity contribution in [2.24, 2.45) is 0 Å². The van der Waals surface area contributed by atoms with Crippen molar-refractivity contribution in [3.8, 4) is 6.07 Å². The van der Waals surface area contributed by atoms with E-state index in [9.17, 15) is 8.78 Å². The molecule has 1 N–H and O–H groups in total. The van der Waals surface area contributed by atoms with Crippen LogP contribution in [0.3, 0.4) is 0 Å². The SMILES string of the molecule is Cc1ccc(C#N)c(Nc2cccc(F)c2F)n1. The van der Waals surface area contributed by atoms with Crippen LogP contribution in [0.1, 0.15) is 11.3 Å². The molecule has 0 aliphatic rings. The number of nitrogens with one attached hydrogen (secondary N) is 1. The second kappa shape index (κ2) is 4.80. The number of aromatic nitrogens is 1. The van der Waals surface area contributed by atoms with Gasteiger partial charge in [0.05, 0.1) is 11.3 Å². The molecule has 0 aliphatic heterocycles. The highest BCUT2D eigenvalue weighted by Crippen LogP contribution is 2.22. The van der Waals surface area contributed by atoms with Crippen molar-refractivity contribution in [2.75, 3.05) is 5.32 Å². The molecular formula is C13H9F2N3. The van der Waals surface area contributed by atoms with Gasteiger partial charge in [0.15, 0.2) is 11.6 Å². The summed E-state index contributed by atoms with van der Waals surface area (Å²) in [5, 5.41) is 11.5. The molecule has 0 bridgehead atoms. The van der Waals surface area contributed by atoms with Gasteiger partial charge in [-0.2, -0.15) is 5.26 Å². The second-order valence-corrected chi connectivity index (χ2v) is 3.69. The summed E-state index contributed by atoms with van der Waals surface area (Å²) in [6.07, 6.45) is 0. The molecule has 90 valence electrons. The van der Waals surface area contributed by atoms with E-state index < -0.39 is 11.6 Å². The summed E-state index contributed by atoms with van der Waals surface area (Å²) in [5.41, 5.74) is 0.891. The predicted molar refractivity (Wildman–Crippen MR) is 63.3 cm³/mol. The van der Waals surface area contributed by atoms with Gasteiger partial charge >= 0.3 is 0 Å². The molecule has 18 heavy (non-hydrogen) atoms. The number of nitriles is 1. The van der Waals surface area contributed by atoms with E-state index >= 15 is 0 Å². The minimum Gasteiger partial charge on any atom is -0.337 e. The Hall–Kier alpha value is -2.48. The minimum absolute atomic E-state index is 0.0513. The Bertz CT molecular complexity index is 633. The molecule has 1 aromatic heterocycles. The van der Waals surface area contributed by atoms with Crippen LogP contribution in [0.5, 0.6) is 0 Å². The summed E-state index contributed by atoms with van der Waals surface area (Å²) in [6.45, 7) is 1.74. The summed E-state index contributed by atoms with van der Waals surface area (Å²) in [4.78, 5) is 4.09. The van der Waals surface area contributed by atoms with E-state index in [-0.39, 0.29) is 17.1 Å². The number of halogens is 2. The highest BCUT2D eigenvalue weighted by molar-refractivity contribution is 5.63. The van der Waals surface area contributed by atoms with Crippen molar-refractivity contribution >= 4 is 11.5 Å². The average Bonchev–Trinajstić information content (AvgIpc) is 2.35. The first kappa shape index (κ1) is 12.0. The summed E-state index contributed by atoms with van der Waals surface area (Å²) >= 11 is 0. The van der Waals surface area contributed by atoms with Crippen LogP contribution in [-0.4, -0.2) is 4.98 Å². The maximum atomic E-state index is 13.5. The van der Waals surface area contributed by atoms with Crippen LogP contribution in [0.25, 0.3) is 0 Å². The Kier molecular flexibility index (Phi) is 3.20. The first-order valence-electron chi connectivity index (χ1n) is 5.20. The lowest BCUT2D eigenvalue weighted by molar-refractivity contribution is 0.511. The Balaban J connectivity index is 2.43. The van der Waals surface area contributed by atoms with Gasteiger partial charge in [0.1, 0.15) is 11.9 Å². The topological polar surface area (TPSA) is 48.7 Å². The number of aryl methyl sites for hydroxylation is 1. The number of hydrogen-bond donors (Lipinski definition) is 1. The van der Waals surface area contributed by atoms with E-state index in [1.54, 1.807) is 19.1 Å². The number of benzene rings is 1. The van der Waals surface area contributed by atoms with E-state index in [1.807, 2.05) is 6.07 Å². The highest BCUT2D eigenvalue weighted by atomic mass is 19.2. The number of rotatable bonds is 2. The van der Waals surface area contributed by atoms with Crippen molar-refractivity contribution < 1.29 is 8.78 Å². The normalized spacial score (nSPS) is 9.89. The third kappa shape index (κ3) is 2.28. The van der Waals surface area contributed by atoms with E-state index in [1.165, 1.54) is 12.1 Å². The number of pyridine rings is 1. The molecule has 0 amide bonds. The molecule has 2 aromatic rings. The van der Waals surface area contributed by atoms with Crippen molar-refractivity contribution in [3.63, 3.8) is 0 Å². The zero-order valence-electron chi connectivity index (χ0n) is 9.54. The van der Waals surface area contributed by atoms with Gasteiger partial charge in [0.25, 0.3) is 0 Å². The van der Waals surface area contributed by atoms with E-state index in [0.717, 1.165) is 6.07 Å². The molecule has 1 aromatic carbocycles. The van der Waals surface area contributed by atoms with Crippen LogP contribution < -0.4 is 5.32 Å². The summed E-state index contributed by atoms with van der Waals surface area (Å²) < 4.78 is 26.5. The van der Waals surface area contributed by atoms with E-state index in [4.69, 9.17) is 5.26 Å². The van der Waals surface area contributed by atoms with Crippen LogP contribution in [0.15, 0.2) is 30.3 Å². The maximum Gasteiger partial charge on any atom is 0.182 e. The summed E-state index contributed by atoms with van der Waals surface area (Å²) in [5.74, 6) is -1.74. The number of nitrogens with zero attached hydrogens (tertiary/aromatic N) is 2. The Morgan fingerprint density at radius 1 is 1.22 bits per heavy atom. The highest BCUT2D eigenvalue weighted by Gasteiger charge is 2.10. The van der Waals surface area contributed by atoms with Gasteiger partial charge < -0.3 is 5.32 Å². The molecule has 0 spiro atoms. The average molecular weight is 245 g/mol. The Labute approximate surface area is 103 Å². The molecule has 0 atom stereocenters. The van der Waals surface area contributed by atoms with Crippen molar-refractivity contribution in [1.29, 1.82) is 5.26 Å². The molecule has 0 unspecified atom stereocenters. The van der Waals surface area contributed by atoms with Crippen LogP contribution in [0, 0.1) is 29.9 Å². The molecule has 3 nitrogen and oxygen atoms in total. The summed E-state index contributed by atoms with van der Waals surface area (Å²) in [7, 11) is 0. The number of hydrogen-bond acceptors (Lipinski definition) is 3. The minimum atomic E-state index is -0.996. The lowest BCUT2D eigenvalue weighted by Crippen LogP contribution is -2.01. The van der Waals surface area contributed by atoms with Gasteiger partial charge in [-0.05, 0) is 31.2 Å². The second-order valence-electron chi connectivity index (χ2n) is 3.69. The van der Waals surface area contributed by atoms with Gasteiger partial charge in [-0.1, -0.05) is 6.07 Å². The van der Waals surface area contributed by atoms with Gasteiger partial charge in [-0.15, -0.1) is 0 Å². The molecule has 0 radical (unpaired) electrons. The van der Waals surface area contributed by atoms with Gasteiger partial charge in [0.2, 0.25) is 0 Å². The van der Waals surface area contributed by atoms with E-state index in [0.29, 0.717) is 5.69 Å². The lowest BCUT2D eigenvalue weighted by Gasteiger charge is -2.09. The zero-order chi connectivity index (χ0) is 13.1. The van der Waals surface area contributed by atoms with Crippen LogP contribution in [0.2, 0.25) is 0 Å². The first-order chi connectivity index (χ1) is 8.61. The molecule has 0 aliphatic carbocycles. The number of anilines is 2. The molecule has 2 rings (SSSR count). The standard InChI is InChI=1S/C13H9F2N3/c1-8-5-6-9(7-16)13(17-8)18-11-4-2-3-10(14)12(11)15/h2-6H,1H3,(H,17,18). The quantitative estimate of drug-likeness (QED) is 0.883. The van der Waals surface area contributed by atoms with Crippen molar-refractivity contribution in [1.82, 2.24) is 4.98 Å². The van der Waals surface area contributed by atoms with Crippen LogP contribution >= 0.6 is 0 Å². The lowest BCUT2D eigenvalue weighted by atomic mass is 10.2. The van der Waals surface area contributed by atoms with Crippen molar-refractivity contribution in [3.05, 3.63) is 53.2 Å². The third-order valence-electron chi connectivity index (χ3n) is 2.36. The Morgan fingerprint density at radius 2 is 2.00 bits per heavy atom. The fraction of sp³-hybridized carbons (Fsp3) is 0.0769. The van der Waals surface area contributed by atoms with Gasteiger partial charge in [-0.25, -0.2) is 13.8 Å². The fourth-order valence-corrected chi connectivity index (χ4v) is 1.47. The van der Waals surface area contributed by atoms with Gasteiger partial charge in [0, 0.05) is 5.69 Å². The zero-order valence-corrected chi connectivity index (χ0v) is 9.54.